The Kier molecular flexibility index (Phi) is 5.44. The normalized spacial score (nSPS) is 15.1. The number of pyridine rings is 1. The van der Waals surface area contributed by atoms with Gasteiger partial charge in [0.25, 0.3) is 5.56 Å². The quantitative estimate of drug-likeness (QED) is 0.658. The first-order valence-electron chi connectivity index (χ1n) is 9.54. The van der Waals surface area contributed by atoms with Crippen LogP contribution in [-0.2, 0) is 6.54 Å². The van der Waals surface area contributed by atoms with Crippen LogP contribution in [0.15, 0.2) is 58.0 Å². The van der Waals surface area contributed by atoms with Gasteiger partial charge in [0, 0.05) is 16.6 Å². The summed E-state index contributed by atoms with van der Waals surface area (Å²) in [6, 6.07) is 13.2. The number of aromatic nitrogens is 1. The minimum absolute atomic E-state index is 0.00964. The van der Waals surface area contributed by atoms with Gasteiger partial charge in [-0.15, -0.1) is 11.3 Å². The van der Waals surface area contributed by atoms with Gasteiger partial charge in [0.05, 0.1) is 32.2 Å². The van der Waals surface area contributed by atoms with Crippen molar-refractivity contribution in [3.8, 4) is 23.3 Å². The van der Waals surface area contributed by atoms with Crippen LogP contribution in [0.25, 0.3) is 0 Å². The smallest absolute Gasteiger partial charge is 0.259 e. The van der Waals surface area contributed by atoms with Gasteiger partial charge in [-0.2, -0.15) is 5.26 Å². The van der Waals surface area contributed by atoms with Crippen LogP contribution in [0.5, 0.6) is 17.2 Å². The average molecular weight is 436 g/mol. The number of nitrogens with zero attached hydrogens (tertiary/aromatic N) is 2. The number of hydrogen-bond acceptors (Lipinski definition) is 7. The van der Waals surface area contributed by atoms with Gasteiger partial charge < -0.3 is 24.5 Å². The molecule has 31 heavy (non-hydrogen) atoms. The maximum atomic E-state index is 13.6. The molecule has 4 rings (SSSR count). The fraction of sp³-hybridized carbons (Fsp3) is 0.217. The van der Waals surface area contributed by atoms with Crippen molar-refractivity contribution in [3.05, 3.63) is 85.3 Å². The molecule has 3 aromatic rings. The zero-order chi connectivity index (χ0) is 22.1. The van der Waals surface area contributed by atoms with Gasteiger partial charge >= 0.3 is 0 Å². The van der Waals surface area contributed by atoms with Gasteiger partial charge in [0.15, 0.2) is 11.5 Å². The van der Waals surface area contributed by atoms with Crippen molar-refractivity contribution in [3.63, 3.8) is 0 Å². The second-order valence-corrected chi connectivity index (χ2v) is 8.11. The molecule has 0 spiro atoms. The van der Waals surface area contributed by atoms with Crippen molar-refractivity contribution < 1.29 is 14.2 Å². The number of hydrogen-bond donors (Lipinski definition) is 1. The van der Waals surface area contributed by atoms with Crippen molar-refractivity contribution in [2.45, 2.75) is 19.4 Å². The lowest BCUT2D eigenvalue weighted by molar-refractivity contribution is 0.354. The Morgan fingerprint density at radius 1 is 1.23 bits per heavy atom. The molecule has 0 radical (unpaired) electrons. The van der Waals surface area contributed by atoms with E-state index >= 15 is 0 Å². The molecule has 0 aliphatic carbocycles. The maximum Gasteiger partial charge on any atom is 0.259 e. The number of nitrogens with two attached hydrogens (primary N) is 1. The van der Waals surface area contributed by atoms with Crippen molar-refractivity contribution >= 4 is 11.3 Å². The van der Waals surface area contributed by atoms with Gasteiger partial charge in [-0.3, -0.25) is 4.79 Å². The largest absolute Gasteiger partial charge is 0.493 e. The lowest BCUT2D eigenvalue weighted by Crippen LogP contribution is -2.32. The van der Waals surface area contributed by atoms with Gasteiger partial charge in [0.2, 0.25) is 5.88 Å². The number of nitriles is 1. The summed E-state index contributed by atoms with van der Waals surface area (Å²) in [6.45, 7) is 2.29. The van der Waals surface area contributed by atoms with E-state index in [1.54, 1.807) is 47.3 Å². The van der Waals surface area contributed by atoms with Crippen LogP contribution in [-0.4, -0.2) is 18.8 Å². The van der Waals surface area contributed by atoms with E-state index in [0.29, 0.717) is 34.9 Å². The maximum absolute atomic E-state index is 13.6. The highest BCUT2D eigenvalue weighted by atomic mass is 32.1. The molecule has 2 aromatic heterocycles. The summed E-state index contributed by atoms with van der Waals surface area (Å²) in [5, 5.41) is 11.8. The van der Waals surface area contributed by atoms with E-state index in [-0.39, 0.29) is 17.0 Å². The molecule has 0 fully saturated rings. The van der Waals surface area contributed by atoms with Crippen molar-refractivity contribution in [1.82, 2.24) is 4.57 Å². The number of rotatable bonds is 5. The molecule has 1 atom stereocenters. The van der Waals surface area contributed by atoms with Crippen molar-refractivity contribution in [2.24, 2.45) is 5.73 Å². The van der Waals surface area contributed by atoms with E-state index in [1.165, 1.54) is 7.11 Å². The molecule has 1 aromatic carbocycles. The summed E-state index contributed by atoms with van der Waals surface area (Å²) in [6.07, 6.45) is 0. The van der Waals surface area contributed by atoms with E-state index in [2.05, 4.69) is 6.07 Å². The molecule has 1 aliphatic heterocycles. The minimum atomic E-state index is -0.684. The molecule has 0 saturated heterocycles. The summed E-state index contributed by atoms with van der Waals surface area (Å²) in [5.74, 6) is 0.713. The molecular weight excluding hydrogens is 414 g/mol. The van der Waals surface area contributed by atoms with Crippen molar-refractivity contribution in [2.75, 3.05) is 14.2 Å². The number of aryl methyl sites for hydroxylation is 1. The van der Waals surface area contributed by atoms with Crippen LogP contribution in [0.3, 0.4) is 0 Å². The van der Waals surface area contributed by atoms with Crippen molar-refractivity contribution in [1.29, 1.82) is 5.26 Å². The van der Waals surface area contributed by atoms with Gasteiger partial charge in [-0.05, 0) is 36.1 Å². The Balaban J connectivity index is 1.94. The zero-order valence-corrected chi connectivity index (χ0v) is 18.2. The Morgan fingerprint density at radius 2 is 2.00 bits per heavy atom. The van der Waals surface area contributed by atoms with E-state index < -0.39 is 5.92 Å². The SMILES string of the molecule is COc1ccc([C@@H]2C(C#N)=C(N)Oc3cc(C)n(Cc4cccs4)c(=O)c32)cc1OC. The predicted octanol–water partition coefficient (Wildman–Crippen LogP) is 3.50. The Bertz CT molecular complexity index is 1270. The molecule has 158 valence electrons. The molecular formula is C23H21N3O4S. The first-order chi connectivity index (χ1) is 15.0. The van der Waals surface area contributed by atoms with Crippen LogP contribution in [0.4, 0.5) is 0 Å². The van der Waals surface area contributed by atoms with E-state index in [4.69, 9.17) is 19.9 Å². The zero-order valence-electron chi connectivity index (χ0n) is 17.3. The first-order valence-corrected chi connectivity index (χ1v) is 10.4. The molecule has 7 nitrogen and oxygen atoms in total. The number of thiophene rings is 1. The Labute approximate surface area is 183 Å². The minimum Gasteiger partial charge on any atom is -0.493 e. The van der Waals surface area contributed by atoms with Gasteiger partial charge in [-0.25, -0.2) is 0 Å². The summed E-state index contributed by atoms with van der Waals surface area (Å²) >= 11 is 1.58. The third kappa shape index (κ3) is 3.53. The molecule has 3 heterocycles. The standard InChI is InChI=1S/C23H21N3O4S/c1-13-9-19-21(23(27)26(13)12-15-5-4-8-31-15)20(16(11-24)22(25)30-19)14-6-7-17(28-2)18(10-14)29-3/h4-10,20H,12,25H2,1-3H3/t20-/m1/s1. The fourth-order valence-corrected chi connectivity index (χ4v) is 4.50. The van der Waals surface area contributed by atoms with Crippen LogP contribution in [0.2, 0.25) is 0 Å². The monoisotopic (exact) mass is 435 g/mol. The molecule has 0 bridgehead atoms. The van der Waals surface area contributed by atoms with Gasteiger partial charge in [-0.1, -0.05) is 12.1 Å². The highest BCUT2D eigenvalue weighted by molar-refractivity contribution is 7.09. The highest BCUT2D eigenvalue weighted by Gasteiger charge is 2.34. The molecule has 0 saturated carbocycles. The third-order valence-electron chi connectivity index (χ3n) is 5.32. The number of fused-ring (bicyclic) bond motifs is 1. The Hall–Kier alpha value is -3.70. The second kappa shape index (κ2) is 8.20. The second-order valence-electron chi connectivity index (χ2n) is 7.07. The van der Waals surface area contributed by atoms with E-state index in [0.717, 1.165) is 10.6 Å². The van der Waals surface area contributed by atoms with Gasteiger partial charge in [0.1, 0.15) is 17.4 Å². The number of allylic oxidation sites excluding steroid dienone is 1. The number of benzene rings is 1. The average Bonchev–Trinajstić information content (AvgIpc) is 3.28. The summed E-state index contributed by atoms with van der Waals surface area (Å²) in [4.78, 5) is 14.7. The lowest BCUT2D eigenvalue weighted by atomic mass is 9.84. The number of ether oxygens (including phenoxy) is 3. The molecule has 8 heteroatoms. The molecule has 2 N–H and O–H groups in total. The predicted molar refractivity (Wildman–Crippen MR) is 118 cm³/mol. The highest BCUT2D eigenvalue weighted by Crippen LogP contribution is 2.42. The summed E-state index contributed by atoms with van der Waals surface area (Å²) < 4.78 is 18.2. The Morgan fingerprint density at radius 3 is 2.65 bits per heavy atom. The topological polar surface area (TPSA) is 99.5 Å². The third-order valence-corrected chi connectivity index (χ3v) is 6.19. The molecule has 0 amide bonds. The van der Waals surface area contributed by atoms with E-state index in [9.17, 15) is 10.1 Å². The van der Waals surface area contributed by atoms with Crippen LogP contribution in [0.1, 0.15) is 27.6 Å². The fourth-order valence-electron chi connectivity index (χ4n) is 3.81. The van der Waals surface area contributed by atoms with E-state index in [1.807, 2.05) is 24.4 Å². The lowest BCUT2D eigenvalue weighted by Gasteiger charge is -2.27. The van der Waals surface area contributed by atoms with Crippen LogP contribution in [0, 0.1) is 18.3 Å². The molecule has 0 unspecified atom stereocenters. The summed E-state index contributed by atoms with van der Waals surface area (Å²) in [7, 11) is 3.08. The summed E-state index contributed by atoms with van der Waals surface area (Å²) in [5.41, 5.74) is 7.85. The molecule has 1 aliphatic rings. The first kappa shape index (κ1) is 20.6. The van der Waals surface area contributed by atoms with Crippen LogP contribution < -0.4 is 25.5 Å². The van der Waals surface area contributed by atoms with Crippen LogP contribution >= 0.6 is 11.3 Å². The number of methoxy groups -OCH3 is 2.